The predicted octanol–water partition coefficient (Wildman–Crippen LogP) is 2.44. The summed E-state index contributed by atoms with van der Waals surface area (Å²) in [5, 5.41) is 6.17. The molecular formula is C21H28N4O2. The van der Waals surface area contributed by atoms with E-state index in [1.54, 1.807) is 32.4 Å². The minimum atomic E-state index is -0.126. The lowest BCUT2D eigenvalue weighted by Crippen LogP contribution is -2.42. The van der Waals surface area contributed by atoms with Gasteiger partial charge in [0.2, 0.25) is 0 Å². The maximum atomic E-state index is 12.2. The molecule has 2 N–H and O–H groups in total. The van der Waals surface area contributed by atoms with Crippen molar-refractivity contribution >= 4 is 11.9 Å². The Balaban J connectivity index is 1.80. The van der Waals surface area contributed by atoms with Crippen LogP contribution in [0.2, 0.25) is 0 Å². The lowest BCUT2D eigenvalue weighted by atomic mass is 10.1. The normalized spacial score (nSPS) is 11.0. The van der Waals surface area contributed by atoms with Crippen LogP contribution in [0.25, 0.3) is 0 Å². The van der Waals surface area contributed by atoms with Crippen molar-refractivity contribution in [2.45, 2.75) is 13.5 Å². The summed E-state index contributed by atoms with van der Waals surface area (Å²) in [6.07, 6.45) is 0. The van der Waals surface area contributed by atoms with Crippen molar-refractivity contribution in [2.24, 2.45) is 4.99 Å². The summed E-state index contributed by atoms with van der Waals surface area (Å²) in [5.74, 6) is 1.33. The van der Waals surface area contributed by atoms with E-state index in [1.807, 2.05) is 25.2 Å². The summed E-state index contributed by atoms with van der Waals surface area (Å²) in [4.78, 5) is 18.6. The summed E-state index contributed by atoms with van der Waals surface area (Å²) in [7, 11) is 5.34. The van der Waals surface area contributed by atoms with Gasteiger partial charge in [0, 0.05) is 39.3 Å². The van der Waals surface area contributed by atoms with Crippen LogP contribution in [0.1, 0.15) is 21.5 Å². The van der Waals surface area contributed by atoms with Crippen molar-refractivity contribution in [2.75, 3.05) is 34.3 Å². The van der Waals surface area contributed by atoms with Crippen LogP contribution in [0.3, 0.4) is 0 Å². The molecule has 0 fully saturated rings. The first kappa shape index (κ1) is 20.3. The quantitative estimate of drug-likeness (QED) is 0.448. The molecule has 0 bridgehead atoms. The average Bonchev–Trinajstić information content (AvgIpc) is 2.69. The SMILES string of the molecule is CN=C(NCCNC(=O)c1cccc(OC)c1)N(C)Cc1ccccc1C. The number of aliphatic imine (C=N–C) groups is 1. The van der Waals surface area contributed by atoms with E-state index in [2.05, 4.69) is 39.6 Å². The average molecular weight is 368 g/mol. The van der Waals surface area contributed by atoms with Gasteiger partial charge in [0.15, 0.2) is 5.96 Å². The van der Waals surface area contributed by atoms with E-state index >= 15 is 0 Å². The highest BCUT2D eigenvalue weighted by Crippen LogP contribution is 2.12. The minimum absolute atomic E-state index is 0.126. The fraction of sp³-hybridized carbons (Fsp3) is 0.333. The number of nitrogens with one attached hydrogen (secondary N) is 2. The van der Waals surface area contributed by atoms with Crippen molar-refractivity contribution < 1.29 is 9.53 Å². The molecule has 0 unspecified atom stereocenters. The lowest BCUT2D eigenvalue weighted by molar-refractivity contribution is 0.0954. The lowest BCUT2D eigenvalue weighted by Gasteiger charge is -2.23. The van der Waals surface area contributed by atoms with Crippen molar-refractivity contribution in [1.29, 1.82) is 0 Å². The van der Waals surface area contributed by atoms with E-state index in [1.165, 1.54) is 11.1 Å². The zero-order valence-corrected chi connectivity index (χ0v) is 16.5. The van der Waals surface area contributed by atoms with Gasteiger partial charge in [0.1, 0.15) is 5.75 Å². The molecule has 144 valence electrons. The van der Waals surface area contributed by atoms with Gasteiger partial charge in [-0.2, -0.15) is 0 Å². The van der Waals surface area contributed by atoms with Gasteiger partial charge >= 0.3 is 0 Å². The molecule has 0 aliphatic carbocycles. The number of aryl methyl sites for hydroxylation is 1. The van der Waals surface area contributed by atoms with Crippen LogP contribution in [0.5, 0.6) is 5.75 Å². The molecule has 2 aromatic carbocycles. The number of amides is 1. The van der Waals surface area contributed by atoms with E-state index in [-0.39, 0.29) is 5.91 Å². The van der Waals surface area contributed by atoms with Crippen LogP contribution in [-0.4, -0.2) is 51.1 Å². The van der Waals surface area contributed by atoms with Crippen LogP contribution in [0.15, 0.2) is 53.5 Å². The summed E-state index contributed by atoms with van der Waals surface area (Å²) < 4.78 is 5.15. The maximum absolute atomic E-state index is 12.2. The molecule has 6 nitrogen and oxygen atoms in total. The zero-order valence-electron chi connectivity index (χ0n) is 16.5. The molecular weight excluding hydrogens is 340 g/mol. The molecule has 1 amide bonds. The molecule has 0 saturated heterocycles. The second-order valence-electron chi connectivity index (χ2n) is 6.24. The molecule has 0 aromatic heterocycles. The summed E-state index contributed by atoms with van der Waals surface area (Å²) in [5.41, 5.74) is 3.09. The number of hydrogen-bond donors (Lipinski definition) is 2. The number of ether oxygens (including phenoxy) is 1. The fourth-order valence-electron chi connectivity index (χ4n) is 2.72. The standard InChI is InChI=1S/C21H28N4O2/c1-16-8-5-6-9-18(16)15-25(3)21(22-2)24-13-12-23-20(26)17-10-7-11-19(14-17)27-4/h5-11,14H,12-13,15H2,1-4H3,(H,22,24)(H,23,26). The van der Waals surface area contributed by atoms with E-state index in [9.17, 15) is 4.79 Å². The van der Waals surface area contributed by atoms with Crippen LogP contribution in [0, 0.1) is 6.92 Å². The van der Waals surface area contributed by atoms with Gasteiger partial charge in [-0.3, -0.25) is 9.79 Å². The van der Waals surface area contributed by atoms with E-state index in [0.29, 0.717) is 24.4 Å². The second-order valence-corrected chi connectivity index (χ2v) is 6.24. The Kier molecular flexibility index (Phi) is 7.67. The highest BCUT2D eigenvalue weighted by atomic mass is 16.5. The summed E-state index contributed by atoms with van der Waals surface area (Å²) in [6, 6.07) is 15.4. The van der Waals surface area contributed by atoms with Gasteiger partial charge in [-0.1, -0.05) is 30.3 Å². The number of hydrogen-bond acceptors (Lipinski definition) is 3. The van der Waals surface area contributed by atoms with Gasteiger partial charge in [-0.25, -0.2) is 0 Å². The van der Waals surface area contributed by atoms with Crippen LogP contribution in [-0.2, 0) is 6.54 Å². The van der Waals surface area contributed by atoms with E-state index in [0.717, 1.165) is 12.5 Å². The minimum Gasteiger partial charge on any atom is -0.497 e. The number of benzene rings is 2. The van der Waals surface area contributed by atoms with Crippen molar-refractivity contribution in [1.82, 2.24) is 15.5 Å². The predicted molar refractivity (Wildman–Crippen MR) is 109 cm³/mol. The van der Waals surface area contributed by atoms with Crippen molar-refractivity contribution in [3.05, 3.63) is 65.2 Å². The topological polar surface area (TPSA) is 66.0 Å². The molecule has 27 heavy (non-hydrogen) atoms. The van der Waals surface area contributed by atoms with E-state index in [4.69, 9.17) is 4.74 Å². The Morgan fingerprint density at radius 2 is 1.85 bits per heavy atom. The van der Waals surface area contributed by atoms with Gasteiger partial charge < -0.3 is 20.3 Å². The maximum Gasteiger partial charge on any atom is 0.251 e. The third kappa shape index (κ3) is 6.02. The molecule has 0 spiro atoms. The molecule has 2 aromatic rings. The number of rotatable bonds is 7. The number of guanidine groups is 1. The molecule has 0 aliphatic heterocycles. The Morgan fingerprint density at radius 3 is 2.56 bits per heavy atom. The Hall–Kier alpha value is -3.02. The molecule has 0 radical (unpaired) electrons. The summed E-state index contributed by atoms with van der Waals surface area (Å²) in [6.45, 7) is 3.95. The Bertz CT molecular complexity index is 789. The summed E-state index contributed by atoms with van der Waals surface area (Å²) >= 11 is 0. The first-order valence-corrected chi connectivity index (χ1v) is 8.93. The molecule has 6 heteroatoms. The zero-order chi connectivity index (χ0) is 19.6. The van der Waals surface area contributed by atoms with Crippen molar-refractivity contribution in [3.8, 4) is 5.75 Å². The van der Waals surface area contributed by atoms with Crippen LogP contribution < -0.4 is 15.4 Å². The van der Waals surface area contributed by atoms with Gasteiger partial charge in [-0.15, -0.1) is 0 Å². The molecule has 0 heterocycles. The third-order valence-electron chi connectivity index (χ3n) is 4.27. The molecule has 0 atom stereocenters. The third-order valence-corrected chi connectivity index (χ3v) is 4.27. The van der Waals surface area contributed by atoms with Gasteiger partial charge in [0.25, 0.3) is 5.91 Å². The smallest absolute Gasteiger partial charge is 0.251 e. The second kappa shape index (κ2) is 10.2. The number of carbonyl (C=O) groups is 1. The van der Waals surface area contributed by atoms with Gasteiger partial charge in [-0.05, 0) is 36.2 Å². The fourth-order valence-corrected chi connectivity index (χ4v) is 2.72. The highest BCUT2D eigenvalue weighted by molar-refractivity contribution is 5.94. The number of carbonyl (C=O) groups excluding carboxylic acids is 1. The number of nitrogens with zero attached hydrogens (tertiary/aromatic N) is 2. The first-order chi connectivity index (χ1) is 13.0. The van der Waals surface area contributed by atoms with E-state index < -0.39 is 0 Å². The van der Waals surface area contributed by atoms with Crippen LogP contribution >= 0.6 is 0 Å². The molecule has 0 aliphatic rings. The monoisotopic (exact) mass is 368 g/mol. The largest absolute Gasteiger partial charge is 0.497 e. The van der Waals surface area contributed by atoms with Gasteiger partial charge in [0.05, 0.1) is 7.11 Å². The molecule has 2 rings (SSSR count). The van der Waals surface area contributed by atoms with Crippen molar-refractivity contribution in [3.63, 3.8) is 0 Å². The Morgan fingerprint density at radius 1 is 1.11 bits per heavy atom. The van der Waals surface area contributed by atoms with Crippen LogP contribution in [0.4, 0.5) is 0 Å². The Labute approximate surface area is 161 Å². The first-order valence-electron chi connectivity index (χ1n) is 8.93. The molecule has 0 saturated carbocycles. The number of methoxy groups -OCH3 is 1. The highest BCUT2D eigenvalue weighted by Gasteiger charge is 2.09.